The van der Waals surface area contributed by atoms with Crippen molar-refractivity contribution in [3.8, 4) is 0 Å². The third-order valence-corrected chi connectivity index (χ3v) is 2.43. The van der Waals surface area contributed by atoms with Crippen molar-refractivity contribution < 1.29 is 5.11 Å². The zero-order valence-electron chi connectivity index (χ0n) is 6.88. The summed E-state index contributed by atoms with van der Waals surface area (Å²) >= 11 is 0. The Morgan fingerprint density at radius 2 is 2.30 bits per heavy atom. The van der Waals surface area contributed by atoms with E-state index in [2.05, 4.69) is 18.9 Å². The average Bonchev–Trinajstić information content (AvgIpc) is 2.66. The smallest absolute Gasteiger partial charge is 0.0558 e. The van der Waals surface area contributed by atoms with E-state index in [1.54, 1.807) is 0 Å². The van der Waals surface area contributed by atoms with Gasteiger partial charge in [0.2, 0.25) is 0 Å². The Balaban J connectivity index is 2.12. The van der Waals surface area contributed by atoms with Crippen LogP contribution in [0.1, 0.15) is 19.8 Å². The number of hydrogen-bond acceptors (Lipinski definition) is 2. The molecule has 1 fully saturated rings. The summed E-state index contributed by atoms with van der Waals surface area (Å²) in [5, 5.41) is 8.63. The van der Waals surface area contributed by atoms with Gasteiger partial charge in [0.15, 0.2) is 0 Å². The van der Waals surface area contributed by atoms with E-state index < -0.39 is 0 Å². The first-order chi connectivity index (χ1) is 4.79. The highest BCUT2D eigenvalue weighted by molar-refractivity contribution is 4.92. The number of likely N-dealkylation sites (N-methyl/N-ethyl adjacent to an activating group) is 1. The molecule has 0 aromatic rings. The molecule has 0 amide bonds. The number of hydrogen-bond donors (Lipinski definition) is 1. The van der Waals surface area contributed by atoms with Crippen molar-refractivity contribution in [2.24, 2.45) is 5.92 Å². The van der Waals surface area contributed by atoms with Crippen LogP contribution in [0, 0.1) is 5.92 Å². The van der Waals surface area contributed by atoms with Gasteiger partial charge in [-0.2, -0.15) is 0 Å². The number of aliphatic hydroxyl groups excluding tert-OH is 1. The molecular formula is C8H17NO. The second-order valence-corrected chi connectivity index (χ2v) is 3.18. The maximum Gasteiger partial charge on any atom is 0.0558 e. The molecule has 2 atom stereocenters. The van der Waals surface area contributed by atoms with E-state index in [4.69, 9.17) is 5.11 Å². The van der Waals surface area contributed by atoms with Gasteiger partial charge in [-0.05, 0) is 19.4 Å². The van der Waals surface area contributed by atoms with Gasteiger partial charge in [0, 0.05) is 12.6 Å². The van der Waals surface area contributed by atoms with Gasteiger partial charge in [-0.1, -0.05) is 13.3 Å². The van der Waals surface area contributed by atoms with Gasteiger partial charge < -0.3 is 10.0 Å². The highest BCUT2D eigenvalue weighted by atomic mass is 16.3. The molecule has 0 heterocycles. The second-order valence-electron chi connectivity index (χ2n) is 3.18. The number of nitrogens with zero attached hydrogens (tertiary/aromatic N) is 1. The lowest BCUT2D eigenvalue weighted by Gasteiger charge is -2.13. The molecule has 0 saturated heterocycles. The van der Waals surface area contributed by atoms with Crippen LogP contribution in [0.3, 0.4) is 0 Å². The van der Waals surface area contributed by atoms with Crippen LogP contribution < -0.4 is 0 Å². The standard InChI is InChI=1S/C8H17NO/c1-3-7-6-8(7)9(2)4-5-10/h7-8,10H,3-6H2,1-2H3. The van der Waals surface area contributed by atoms with E-state index >= 15 is 0 Å². The maximum atomic E-state index is 8.63. The van der Waals surface area contributed by atoms with Gasteiger partial charge >= 0.3 is 0 Å². The molecule has 1 aliphatic rings. The highest BCUT2D eigenvalue weighted by Crippen LogP contribution is 2.37. The normalized spacial score (nSPS) is 31.2. The predicted molar refractivity (Wildman–Crippen MR) is 41.9 cm³/mol. The fourth-order valence-corrected chi connectivity index (χ4v) is 1.53. The predicted octanol–water partition coefficient (Wildman–Crippen LogP) is 0.709. The molecule has 1 saturated carbocycles. The Morgan fingerprint density at radius 1 is 1.60 bits per heavy atom. The Bertz CT molecular complexity index is 105. The summed E-state index contributed by atoms with van der Waals surface area (Å²) < 4.78 is 0. The lowest BCUT2D eigenvalue weighted by atomic mass is 10.3. The van der Waals surface area contributed by atoms with Crippen molar-refractivity contribution in [1.82, 2.24) is 4.90 Å². The summed E-state index contributed by atoms with van der Waals surface area (Å²) in [7, 11) is 2.09. The monoisotopic (exact) mass is 143 g/mol. The highest BCUT2D eigenvalue weighted by Gasteiger charge is 2.37. The van der Waals surface area contributed by atoms with Crippen molar-refractivity contribution in [2.45, 2.75) is 25.8 Å². The minimum atomic E-state index is 0.295. The quantitative estimate of drug-likeness (QED) is 0.626. The van der Waals surface area contributed by atoms with Crippen molar-refractivity contribution in [2.75, 3.05) is 20.2 Å². The average molecular weight is 143 g/mol. The third-order valence-electron chi connectivity index (χ3n) is 2.43. The van der Waals surface area contributed by atoms with Crippen molar-refractivity contribution in [1.29, 1.82) is 0 Å². The molecule has 0 aromatic carbocycles. The minimum absolute atomic E-state index is 0.295. The van der Waals surface area contributed by atoms with E-state index in [1.807, 2.05) is 0 Å². The Kier molecular flexibility index (Phi) is 2.69. The van der Waals surface area contributed by atoms with Crippen LogP contribution in [0.5, 0.6) is 0 Å². The molecule has 0 bridgehead atoms. The zero-order chi connectivity index (χ0) is 7.56. The van der Waals surface area contributed by atoms with Crippen LogP contribution in [0.25, 0.3) is 0 Å². The van der Waals surface area contributed by atoms with Crippen LogP contribution in [-0.4, -0.2) is 36.2 Å². The van der Waals surface area contributed by atoms with Gasteiger partial charge in [-0.3, -0.25) is 0 Å². The molecule has 2 unspecified atom stereocenters. The van der Waals surface area contributed by atoms with E-state index in [1.165, 1.54) is 12.8 Å². The Morgan fingerprint density at radius 3 is 2.70 bits per heavy atom. The molecule has 1 aliphatic carbocycles. The SMILES string of the molecule is CCC1CC1N(C)CCO. The lowest BCUT2D eigenvalue weighted by Crippen LogP contribution is -2.25. The molecule has 2 heteroatoms. The summed E-state index contributed by atoms with van der Waals surface area (Å²) in [6, 6.07) is 0.775. The number of aliphatic hydroxyl groups is 1. The van der Waals surface area contributed by atoms with E-state index in [9.17, 15) is 0 Å². The maximum absolute atomic E-state index is 8.63. The van der Waals surface area contributed by atoms with Crippen LogP contribution in [0.4, 0.5) is 0 Å². The van der Waals surface area contributed by atoms with E-state index in [-0.39, 0.29) is 0 Å². The first-order valence-corrected chi connectivity index (χ1v) is 4.10. The topological polar surface area (TPSA) is 23.5 Å². The number of rotatable bonds is 4. The van der Waals surface area contributed by atoms with Crippen molar-refractivity contribution in [3.05, 3.63) is 0 Å². The molecule has 60 valence electrons. The molecule has 2 nitrogen and oxygen atoms in total. The van der Waals surface area contributed by atoms with Crippen molar-refractivity contribution in [3.63, 3.8) is 0 Å². The lowest BCUT2D eigenvalue weighted by molar-refractivity contribution is 0.211. The van der Waals surface area contributed by atoms with E-state index in [0.717, 1.165) is 18.5 Å². The van der Waals surface area contributed by atoms with Gasteiger partial charge in [0.05, 0.1) is 6.61 Å². The zero-order valence-corrected chi connectivity index (χ0v) is 6.88. The largest absolute Gasteiger partial charge is 0.395 e. The summed E-state index contributed by atoms with van der Waals surface area (Å²) in [5.74, 6) is 0.913. The van der Waals surface area contributed by atoms with Gasteiger partial charge in [-0.15, -0.1) is 0 Å². The molecule has 0 spiro atoms. The van der Waals surface area contributed by atoms with E-state index in [0.29, 0.717) is 6.61 Å². The molecule has 1 N–H and O–H groups in total. The molecule has 0 radical (unpaired) electrons. The van der Waals surface area contributed by atoms with Crippen LogP contribution in [-0.2, 0) is 0 Å². The second kappa shape index (κ2) is 3.35. The molecule has 1 rings (SSSR count). The first-order valence-electron chi connectivity index (χ1n) is 4.10. The first kappa shape index (κ1) is 8.02. The third kappa shape index (κ3) is 1.70. The van der Waals surface area contributed by atoms with Crippen LogP contribution in [0.15, 0.2) is 0 Å². The fourth-order valence-electron chi connectivity index (χ4n) is 1.53. The molecular weight excluding hydrogens is 126 g/mol. The summed E-state index contributed by atoms with van der Waals surface area (Å²) in [4.78, 5) is 2.26. The minimum Gasteiger partial charge on any atom is -0.395 e. The molecule has 0 aromatic heterocycles. The summed E-state index contributed by atoms with van der Waals surface area (Å²) in [6.45, 7) is 3.36. The van der Waals surface area contributed by atoms with Gasteiger partial charge in [0.1, 0.15) is 0 Å². The Labute approximate surface area is 62.8 Å². The molecule has 10 heavy (non-hydrogen) atoms. The van der Waals surface area contributed by atoms with Crippen molar-refractivity contribution >= 4 is 0 Å². The van der Waals surface area contributed by atoms with Crippen LogP contribution in [0.2, 0.25) is 0 Å². The van der Waals surface area contributed by atoms with Crippen LogP contribution >= 0.6 is 0 Å². The molecule has 0 aliphatic heterocycles. The summed E-state index contributed by atoms with van der Waals surface area (Å²) in [5.41, 5.74) is 0. The van der Waals surface area contributed by atoms with Gasteiger partial charge in [-0.25, -0.2) is 0 Å². The van der Waals surface area contributed by atoms with Gasteiger partial charge in [0.25, 0.3) is 0 Å². The Hall–Kier alpha value is -0.0800. The fraction of sp³-hybridized carbons (Fsp3) is 1.00. The summed E-state index contributed by atoms with van der Waals surface area (Å²) in [6.07, 6.45) is 2.63.